The number of amides is 1. The number of piperazine rings is 1. The lowest BCUT2D eigenvalue weighted by Gasteiger charge is -2.36. The highest BCUT2D eigenvalue weighted by Gasteiger charge is 2.24. The number of benzene rings is 1. The Hall–Kier alpha value is -2.90. The van der Waals surface area contributed by atoms with Gasteiger partial charge in [0.2, 0.25) is 0 Å². The molecule has 4 heterocycles. The van der Waals surface area contributed by atoms with Crippen molar-refractivity contribution in [2.75, 3.05) is 31.1 Å². The predicted molar refractivity (Wildman–Crippen MR) is 121 cm³/mol. The number of fused-ring (bicyclic) bond motifs is 2. The van der Waals surface area contributed by atoms with E-state index >= 15 is 0 Å². The van der Waals surface area contributed by atoms with Gasteiger partial charge in [0, 0.05) is 43.1 Å². The van der Waals surface area contributed by atoms with E-state index in [2.05, 4.69) is 9.88 Å². The lowest BCUT2D eigenvalue weighted by Crippen LogP contribution is -2.48. The Balaban J connectivity index is 1.40. The van der Waals surface area contributed by atoms with E-state index in [-0.39, 0.29) is 11.5 Å². The first-order valence-electron chi connectivity index (χ1n) is 9.72. The molecule has 1 fully saturated rings. The van der Waals surface area contributed by atoms with Crippen LogP contribution >= 0.6 is 22.9 Å². The van der Waals surface area contributed by atoms with Gasteiger partial charge in [-0.05, 0) is 42.8 Å². The molecule has 0 N–H and O–H groups in total. The molecular formula is C22H19ClN4O2S. The minimum atomic E-state index is -0.139. The molecule has 0 radical (unpaired) electrons. The van der Waals surface area contributed by atoms with Crippen molar-refractivity contribution in [2.45, 2.75) is 6.92 Å². The SMILES string of the molecule is Cc1cccn2c(=O)c3cc(C(=O)N4CCN(c5cccc(Cl)c5)CC4)sc3nc12. The summed E-state index contributed by atoms with van der Waals surface area (Å²) in [5, 5.41) is 1.20. The summed E-state index contributed by atoms with van der Waals surface area (Å²) in [6.07, 6.45) is 1.71. The summed E-state index contributed by atoms with van der Waals surface area (Å²) in [7, 11) is 0. The van der Waals surface area contributed by atoms with E-state index in [1.54, 1.807) is 16.7 Å². The highest BCUT2D eigenvalue weighted by atomic mass is 35.5. The van der Waals surface area contributed by atoms with Gasteiger partial charge in [-0.15, -0.1) is 11.3 Å². The van der Waals surface area contributed by atoms with Crippen LogP contribution in [0.5, 0.6) is 0 Å². The Kier molecular flexibility index (Phi) is 4.72. The normalized spacial score (nSPS) is 14.6. The maximum absolute atomic E-state index is 13.1. The molecule has 3 aromatic heterocycles. The van der Waals surface area contributed by atoms with Crippen LogP contribution < -0.4 is 10.5 Å². The fourth-order valence-corrected chi connectivity index (χ4v) is 5.03. The van der Waals surface area contributed by atoms with Gasteiger partial charge in [-0.2, -0.15) is 0 Å². The Morgan fingerprint density at radius 3 is 2.67 bits per heavy atom. The third-order valence-corrected chi connectivity index (χ3v) is 6.73. The molecule has 1 aliphatic heterocycles. The lowest BCUT2D eigenvalue weighted by molar-refractivity contribution is 0.0751. The van der Waals surface area contributed by atoms with Gasteiger partial charge in [0.15, 0.2) is 0 Å². The molecule has 0 unspecified atom stereocenters. The average Bonchev–Trinajstić information content (AvgIpc) is 3.19. The fourth-order valence-electron chi connectivity index (χ4n) is 3.86. The number of rotatable bonds is 2. The van der Waals surface area contributed by atoms with Crippen molar-refractivity contribution < 1.29 is 4.79 Å². The zero-order chi connectivity index (χ0) is 20.8. The molecule has 6 nitrogen and oxygen atoms in total. The summed E-state index contributed by atoms with van der Waals surface area (Å²) >= 11 is 7.39. The first kappa shape index (κ1) is 19.1. The number of aryl methyl sites for hydroxylation is 1. The first-order chi connectivity index (χ1) is 14.5. The second-order valence-electron chi connectivity index (χ2n) is 7.39. The lowest BCUT2D eigenvalue weighted by atomic mass is 10.2. The minimum Gasteiger partial charge on any atom is -0.368 e. The Labute approximate surface area is 181 Å². The molecule has 0 bridgehead atoms. The number of halogens is 1. The molecule has 152 valence electrons. The Morgan fingerprint density at radius 1 is 1.10 bits per heavy atom. The predicted octanol–water partition coefficient (Wildman–Crippen LogP) is 3.83. The largest absolute Gasteiger partial charge is 0.368 e. The fraction of sp³-hybridized carbons (Fsp3) is 0.227. The van der Waals surface area contributed by atoms with E-state index in [9.17, 15) is 9.59 Å². The van der Waals surface area contributed by atoms with Crippen molar-refractivity contribution in [3.8, 4) is 0 Å². The van der Waals surface area contributed by atoms with Gasteiger partial charge >= 0.3 is 0 Å². The van der Waals surface area contributed by atoms with Gasteiger partial charge in [0.1, 0.15) is 10.5 Å². The highest BCUT2D eigenvalue weighted by Crippen LogP contribution is 2.26. The number of thiophene rings is 1. The van der Waals surface area contributed by atoms with Crippen LogP contribution in [-0.4, -0.2) is 46.4 Å². The molecule has 0 spiro atoms. The molecule has 1 amide bonds. The summed E-state index contributed by atoms with van der Waals surface area (Å²) < 4.78 is 1.54. The third-order valence-electron chi connectivity index (χ3n) is 5.48. The molecule has 1 saturated heterocycles. The van der Waals surface area contributed by atoms with E-state index < -0.39 is 0 Å². The van der Waals surface area contributed by atoms with Crippen LogP contribution in [0.3, 0.4) is 0 Å². The summed E-state index contributed by atoms with van der Waals surface area (Å²) in [6, 6.07) is 13.2. The molecule has 1 aromatic carbocycles. The van der Waals surface area contributed by atoms with Crippen molar-refractivity contribution in [1.29, 1.82) is 0 Å². The maximum Gasteiger partial charge on any atom is 0.266 e. The van der Waals surface area contributed by atoms with Crippen LogP contribution in [0.1, 0.15) is 15.2 Å². The third kappa shape index (κ3) is 3.24. The van der Waals surface area contributed by atoms with Gasteiger partial charge in [-0.1, -0.05) is 23.7 Å². The van der Waals surface area contributed by atoms with E-state index in [0.717, 1.165) is 24.3 Å². The second-order valence-corrected chi connectivity index (χ2v) is 8.86. The van der Waals surface area contributed by atoms with Crippen LogP contribution in [0, 0.1) is 6.92 Å². The minimum absolute atomic E-state index is 0.0473. The Bertz CT molecular complexity index is 1340. The van der Waals surface area contributed by atoms with Crippen molar-refractivity contribution >= 4 is 50.4 Å². The summed E-state index contributed by atoms with van der Waals surface area (Å²) in [6.45, 7) is 4.63. The van der Waals surface area contributed by atoms with Crippen LogP contribution in [0.25, 0.3) is 15.9 Å². The van der Waals surface area contributed by atoms with E-state index in [0.29, 0.717) is 38.9 Å². The number of hydrogen-bond acceptors (Lipinski definition) is 5. The van der Waals surface area contributed by atoms with E-state index in [1.807, 2.05) is 48.2 Å². The highest BCUT2D eigenvalue weighted by molar-refractivity contribution is 7.20. The Morgan fingerprint density at radius 2 is 1.90 bits per heavy atom. The molecule has 8 heteroatoms. The van der Waals surface area contributed by atoms with Crippen LogP contribution in [0.4, 0.5) is 5.69 Å². The van der Waals surface area contributed by atoms with Crippen LogP contribution in [-0.2, 0) is 0 Å². The number of nitrogens with zero attached hydrogens (tertiary/aromatic N) is 4. The molecule has 30 heavy (non-hydrogen) atoms. The maximum atomic E-state index is 13.1. The van der Waals surface area contributed by atoms with Crippen molar-refractivity contribution in [3.05, 3.63) is 74.5 Å². The molecule has 5 rings (SSSR count). The summed E-state index contributed by atoms with van der Waals surface area (Å²) in [5.41, 5.74) is 2.48. The standard InChI is InChI=1S/C22H19ClN4O2S/c1-14-4-3-7-27-19(14)24-20-17(21(27)28)13-18(30-20)22(29)26-10-8-25(9-11-26)16-6-2-5-15(23)12-16/h2-7,12-13H,8-11H2,1H3. The van der Waals surface area contributed by atoms with Crippen LogP contribution in [0.15, 0.2) is 53.5 Å². The van der Waals surface area contributed by atoms with E-state index in [4.69, 9.17) is 11.6 Å². The van der Waals surface area contributed by atoms with Gasteiger partial charge in [0.05, 0.1) is 10.3 Å². The van der Waals surface area contributed by atoms with Crippen LogP contribution in [0.2, 0.25) is 5.02 Å². The number of aromatic nitrogens is 2. The number of anilines is 1. The second kappa shape index (κ2) is 7.41. The molecular weight excluding hydrogens is 420 g/mol. The zero-order valence-corrected chi connectivity index (χ0v) is 17.9. The van der Waals surface area contributed by atoms with Crippen molar-refractivity contribution in [1.82, 2.24) is 14.3 Å². The molecule has 4 aromatic rings. The number of pyridine rings is 1. The van der Waals surface area contributed by atoms with Gasteiger partial charge in [-0.25, -0.2) is 4.98 Å². The van der Waals surface area contributed by atoms with Gasteiger partial charge in [0.25, 0.3) is 11.5 Å². The number of hydrogen-bond donors (Lipinski definition) is 0. The number of carbonyl (C=O) groups excluding carboxylic acids is 1. The monoisotopic (exact) mass is 438 g/mol. The average molecular weight is 439 g/mol. The topological polar surface area (TPSA) is 57.9 Å². The number of carbonyl (C=O) groups is 1. The summed E-state index contributed by atoms with van der Waals surface area (Å²) in [4.78, 5) is 35.8. The van der Waals surface area contributed by atoms with Crippen molar-refractivity contribution in [2.24, 2.45) is 0 Å². The molecule has 1 aliphatic rings. The van der Waals surface area contributed by atoms with Gasteiger partial charge in [-0.3, -0.25) is 14.0 Å². The summed E-state index contributed by atoms with van der Waals surface area (Å²) in [5.74, 6) is -0.0473. The van der Waals surface area contributed by atoms with Gasteiger partial charge < -0.3 is 9.80 Å². The zero-order valence-electron chi connectivity index (χ0n) is 16.3. The molecule has 0 saturated carbocycles. The van der Waals surface area contributed by atoms with Crippen molar-refractivity contribution in [3.63, 3.8) is 0 Å². The quantitative estimate of drug-likeness (QED) is 0.477. The van der Waals surface area contributed by atoms with E-state index in [1.165, 1.54) is 11.3 Å². The smallest absolute Gasteiger partial charge is 0.266 e. The molecule has 0 atom stereocenters. The molecule has 0 aliphatic carbocycles. The first-order valence-corrected chi connectivity index (χ1v) is 10.9.